The molecule has 1 fully saturated rings. The highest BCUT2D eigenvalue weighted by atomic mass is 16.6. The lowest BCUT2D eigenvalue weighted by Gasteiger charge is -2.35. The van der Waals surface area contributed by atoms with Crippen LogP contribution < -0.4 is 10.6 Å². The Morgan fingerprint density at radius 3 is 2.25 bits per heavy atom. The summed E-state index contributed by atoms with van der Waals surface area (Å²) >= 11 is 0. The van der Waals surface area contributed by atoms with Crippen molar-refractivity contribution >= 4 is 17.9 Å². The number of hydrogen-bond acceptors (Lipinski definition) is 5. The third-order valence-corrected chi connectivity index (χ3v) is 7.22. The summed E-state index contributed by atoms with van der Waals surface area (Å²) in [6.07, 6.45) is 4.62. The minimum Gasteiger partial charge on any atom is -0.508 e. The van der Waals surface area contributed by atoms with Gasteiger partial charge >= 0.3 is 6.09 Å². The molecule has 2 aromatic rings. The van der Waals surface area contributed by atoms with Gasteiger partial charge in [-0.2, -0.15) is 0 Å². The zero-order chi connectivity index (χ0) is 29.4. The fourth-order valence-corrected chi connectivity index (χ4v) is 5.29. The minimum atomic E-state index is -0.991. The summed E-state index contributed by atoms with van der Waals surface area (Å²) in [7, 11) is 0. The molecule has 1 saturated carbocycles. The third-order valence-electron chi connectivity index (χ3n) is 7.22. The number of alkyl carbamates (subject to hydrolysis) is 1. The number of nitrogens with one attached hydrogen (secondary N) is 2. The molecule has 40 heavy (non-hydrogen) atoms. The van der Waals surface area contributed by atoms with E-state index in [2.05, 4.69) is 10.6 Å². The van der Waals surface area contributed by atoms with E-state index in [1.807, 2.05) is 39.0 Å². The van der Waals surface area contributed by atoms with E-state index in [0.29, 0.717) is 0 Å². The Bertz CT molecular complexity index is 1170. The van der Waals surface area contributed by atoms with Crippen LogP contribution in [-0.4, -0.2) is 52.1 Å². The lowest BCUT2D eigenvalue weighted by Crippen LogP contribution is -2.54. The van der Waals surface area contributed by atoms with Crippen molar-refractivity contribution in [3.63, 3.8) is 0 Å². The zero-order valence-corrected chi connectivity index (χ0v) is 24.8. The molecule has 0 heterocycles. The van der Waals surface area contributed by atoms with Crippen molar-refractivity contribution in [1.82, 2.24) is 15.5 Å². The number of phenols is 1. The predicted molar refractivity (Wildman–Crippen MR) is 156 cm³/mol. The molecule has 0 aliphatic heterocycles. The van der Waals surface area contributed by atoms with Gasteiger partial charge in [0.25, 0.3) is 0 Å². The van der Waals surface area contributed by atoms with Gasteiger partial charge in [0.2, 0.25) is 11.8 Å². The second-order valence-electron chi connectivity index (χ2n) is 11.8. The van der Waals surface area contributed by atoms with E-state index < -0.39 is 23.8 Å². The number of aromatic hydroxyl groups is 1. The topological polar surface area (TPSA) is 108 Å². The molecule has 3 rings (SSSR count). The Balaban J connectivity index is 1.98. The largest absolute Gasteiger partial charge is 0.508 e. The Morgan fingerprint density at radius 2 is 1.68 bits per heavy atom. The number of aryl methyl sites for hydroxylation is 2. The first-order chi connectivity index (χ1) is 18.9. The van der Waals surface area contributed by atoms with Crippen molar-refractivity contribution in [2.24, 2.45) is 0 Å². The number of carbonyl (C=O) groups excluding carboxylic acids is 3. The monoisotopic (exact) mass is 551 g/mol. The number of rotatable bonds is 9. The summed E-state index contributed by atoms with van der Waals surface area (Å²) < 4.78 is 5.47. The van der Waals surface area contributed by atoms with Crippen LogP contribution in [0.2, 0.25) is 0 Å². The summed E-state index contributed by atoms with van der Waals surface area (Å²) in [6, 6.07) is 10.6. The van der Waals surface area contributed by atoms with Gasteiger partial charge in [-0.1, -0.05) is 55.2 Å². The predicted octanol–water partition coefficient (Wildman–Crippen LogP) is 5.48. The normalized spacial score (nSPS) is 15.6. The summed E-state index contributed by atoms with van der Waals surface area (Å²) in [6.45, 7) is 11.3. The molecule has 8 nitrogen and oxygen atoms in total. The van der Waals surface area contributed by atoms with Crippen LogP contribution in [-0.2, 0) is 20.7 Å². The zero-order valence-electron chi connectivity index (χ0n) is 24.8. The number of amides is 3. The van der Waals surface area contributed by atoms with E-state index in [1.54, 1.807) is 37.8 Å². The van der Waals surface area contributed by atoms with E-state index in [9.17, 15) is 19.5 Å². The average Bonchev–Trinajstić information content (AvgIpc) is 2.88. The van der Waals surface area contributed by atoms with Crippen molar-refractivity contribution in [1.29, 1.82) is 0 Å². The van der Waals surface area contributed by atoms with Crippen LogP contribution >= 0.6 is 0 Å². The highest BCUT2D eigenvalue weighted by Gasteiger charge is 2.37. The van der Waals surface area contributed by atoms with Gasteiger partial charge in [-0.15, -0.1) is 0 Å². The van der Waals surface area contributed by atoms with E-state index in [4.69, 9.17) is 4.74 Å². The SMILES string of the molecule is CCN(C(=O)C(Cc1ccc(O)cc1)NC(=O)OC(C)(C)C)C(C(=O)NC1CCCCC1)c1ccc(C)cc1C. The van der Waals surface area contributed by atoms with E-state index in [-0.39, 0.29) is 36.6 Å². The van der Waals surface area contributed by atoms with Crippen LogP contribution in [0.15, 0.2) is 42.5 Å². The molecule has 0 radical (unpaired) electrons. The molecule has 1 aliphatic carbocycles. The van der Waals surface area contributed by atoms with Crippen LogP contribution in [0, 0.1) is 13.8 Å². The highest BCUT2D eigenvalue weighted by Crippen LogP contribution is 2.28. The quantitative estimate of drug-likeness (QED) is 0.382. The van der Waals surface area contributed by atoms with Crippen molar-refractivity contribution in [2.75, 3.05) is 6.54 Å². The van der Waals surface area contributed by atoms with Gasteiger partial charge in [0.1, 0.15) is 23.4 Å². The molecule has 0 bridgehead atoms. The lowest BCUT2D eigenvalue weighted by atomic mass is 9.93. The maximum absolute atomic E-state index is 14.3. The van der Waals surface area contributed by atoms with Crippen LogP contribution in [0.5, 0.6) is 5.75 Å². The summed E-state index contributed by atoms with van der Waals surface area (Å²) in [5, 5.41) is 15.7. The Hall–Kier alpha value is -3.55. The maximum Gasteiger partial charge on any atom is 0.408 e. The van der Waals surface area contributed by atoms with Gasteiger partial charge in [0.15, 0.2) is 0 Å². The number of ether oxygens (including phenoxy) is 1. The van der Waals surface area contributed by atoms with E-state index >= 15 is 0 Å². The molecule has 0 saturated heterocycles. The standard InChI is InChI=1S/C32H45N3O5/c1-7-35(28(26-18-13-21(2)19-22(26)3)29(37)33-24-11-9-8-10-12-24)30(38)27(34-31(39)40-32(4,5)6)20-23-14-16-25(36)17-15-23/h13-19,24,27-28,36H,7-12,20H2,1-6H3,(H,33,37)(H,34,39). The van der Waals surface area contributed by atoms with E-state index in [0.717, 1.165) is 47.9 Å². The molecule has 2 atom stereocenters. The van der Waals surface area contributed by atoms with Crippen LogP contribution in [0.25, 0.3) is 0 Å². The molecule has 8 heteroatoms. The summed E-state index contributed by atoms with van der Waals surface area (Å²) in [5.74, 6) is -0.490. The van der Waals surface area contributed by atoms with Crippen LogP contribution in [0.1, 0.15) is 88.1 Å². The molecular weight excluding hydrogens is 506 g/mol. The van der Waals surface area contributed by atoms with E-state index in [1.165, 1.54) is 18.6 Å². The molecule has 2 aromatic carbocycles. The van der Waals surface area contributed by atoms with Crippen molar-refractivity contribution in [2.45, 2.75) is 104 Å². The molecule has 1 aliphatic rings. The number of phenolic OH excluding ortho intramolecular Hbond substituents is 1. The Morgan fingerprint density at radius 1 is 1.02 bits per heavy atom. The van der Waals surface area contributed by atoms with Crippen molar-refractivity contribution < 1.29 is 24.2 Å². The number of nitrogens with zero attached hydrogens (tertiary/aromatic N) is 1. The molecule has 2 unspecified atom stereocenters. The second-order valence-corrected chi connectivity index (χ2v) is 11.8. The van der Waals surface area contributed by atoms with Gasteiger partial charge in [-0.05, 0) is 83.2 Å². The number of likely N-dealkylation sites (N-methyl/N-ethyl adjacent to an activating group) is 1. The lowest BCUT2D eigenvalue weighted by molar-refractivity contribution is -0.142. The van der Waals surface area contributed by atoms with Gasteiger partial charge in [0.05, 0.1) is 0 Å². The minimum absolute atomic E-state index is 0.0796. The Labute approximate surface area is 238 Å². The molecule has 3 amide bonds. The summed E-state index contributed by atoms with van der Waals surface area (Å²) in [5.41, 5.74) is 2.75. The highest BCUT2D eigenvalue weighted by molar-refractivity contribution is 5.92. The van der Waals surface area contributed by atoms with Gasteiger partial charge in [0, 0.05) is 19.0 Å². The fourth-order valence-electron chi connectivity index (χ4n) is 5.29. The summed E-state index contributed by atoms with van der Waals surface area (Å²) in [4.78, 5) is 42.6. The number of hydrogen-bond donors (Lipinski definition) is 3. The first-order valence-corrected chi connectivity index (χ1v) is 14.3. The van der Waals surface area contributed by atoms with Gasteiger partial charge in [-0.25, -0.2) is 4.79 Å². The third kappa shape index (κ3) is 8.73. The molecule has 218 valence electrons. The molecular formula is C32H45N3O5. The van der Waals surface area contributed by atoms with Gasteiger partial charge in [-0.3, -0.25) is 9.59 Å². The van der Waals surface area contributed by atoms with Crippen LogP contribution in [0.4, 0.5) is 4.79 Å². The maximum atomic E-state index is 14.3. The second kappa shape index (κ2) is 13.7. The van der Waals surface area contributed by atoms with Crippen molar-refractivity contribution in [3.05, 3.63) is 64.7 Å². The molecule has 0 aromatic heterocycles. The van der Waals surface area contributed by atoms with Crippen molar-refractivity contribution in [3.8, 4) is 5.75 Å². The first kappa shape index (κ1) is 31.0. The Kier molecular flexibility index (Phi) is 10.6. The van der Waals surface area contributed by atoms with Crippen LogP contribution in [0.3, 0.4) is 0 Å². The smallest absolute Gasteiger partial charge is 0.408 e. The van der Waals surface area contributed by atoms with Gasteiger partial charge < -0.3 is 25.4 Å². The number of benzene rings is 2. The molecule has 0 spiro atoms. The number of carbonyl (C=O) groups is 3. The average molecular weight is 552 g/mol. The first-order valence-electron chi connectivity index (χ1n) is 14.3. The molecule has 3 N–H and O–H groups in total. The fraction of sp³-hybridized carbons (Fsp3) is 0.531.